The van der Waals surface area contributed by atoms with Gasteiger partial charge in [0, 0.05) is 19.2 Å². The van der Waals surface area contributed by atoms with Crippen molar-refractivity contribution < 1.29 is 13.6 Å². The fourth-order valence-corrected chi connectivity index (χ4v) is 1.63. The van der Waals surface area contributed by atoms with Crippen molar-refractivity contribution in [2.75, 3.05) is 19.3 Å². The van der Waals surface area contributed by atoms with Crippen molar-refractivity contribution in [3.8, 4) is 0 Å². The highest BCUT2D eigenvalue weighted by Crippen LogP contribution is 2.18. The first-order valence-corrected chi connectivity index (χ1v) is 5.97. The minimum absolute atomic E-state index is 0.0156. The van der Waals surface area contributed by atoms with Gasteiger partial charge >= 0.3 is 0 Å². The van der Waals surface area contributed by atoms with Crippen LogP contribution in [-0.4, -0.2) is 24.4 Å². The van der Waals surface area contributed by atoms with Gasteiger partial charge in [-0.05, 0) is 18.6 Å². The summed E-state index contributed by atoms with van der Waals surface area (Å²) in [5.41, 5.74) is 4.58. The Kier molecular flexibility index (Phi) is 5.07. The van der Waals surface area contributed by atoms with Crippen LogP contribution < -0.4 is 5.73 Å². The number of nitrogens with zero attached hydrogens (tertiary/aromatic N) is 1. The maximum absolute atomic E-state index is 13.2. The number of amides is 1. The predicted octanol–water partition coefficient (Wildman–Crippen LogP) is 2.81. The largest absolute Gasteiger partial charge is 0.394 e. The average molecular weight is 256 g/mol. The van der Waals surface area contributed by atoms with E-state index in [9.17, 15) is 13.6 Å². The first-order chi connectivity index (χ1) is 8.47. The fourth-order valence-electron chi connectivity index (χ4n) is 1.63. The van der Waals surface area contributed by atoms with Crippen LogP contribution in [0.15, 0.2) is 12.1 Å². The minimum Gasteiger partial charge on any atom is -0.394 e. The Morgan fingerprint density at radius 3 is 2.33 bits per heavy atom. The molecule has 0 spiro atoms. The van der Waals surface area contributed by atoms with Crippen molar-refractivity contribution in [3.05, 3.63) is 29.3 Å². The van der Waals surface area contributed by atoms with Crippen LogP contribution >= 0.6 is 0 Å². The van der Waals surface area contributed by atoms with Crippen LogP contribution in [0.3, 0.4) is 0 Å². The van der Waals surface area contributed by atoms with Crippen molar-refractivity contribution >= 4 is 11.6 Å². The van der Waals surface area contributed by atoms with E-state index in [1.54, 1.807) is 7.05 Å². The molecule has 0 heterocycles. The third kappa shape index (κ3) is 3.42. The van der Waals surface area contributed by atoms with Gasteiger partial charge in [-0.3, -0.25) is 4.79 Å². The molecule has 0 saturated heterocycles. The predicted molar refractivity (Wildman–Crippen MR) is 67.3 cm³/mol. The monoisotopic (exact) mass is 256 g/mol. The number of hydrogen-bond donors (Lipinski definition) is 1. The van der Waals surface area contributed by atoms with Crippen molar-refractivity contribution in [3.63, 3.8) is 0 Å². The first-order valence-electron chi connectivity index (χ1n) is 5.97. The number of rotatable bonds is 5. The lowest BCUT2D eigenvalue weighted by atomic mass is 10.1. The van der Waals surface area contributed by atoms with Gasteiger partial charge in [-0.1, -0.05) is 19.8 Å². The van der Waals surface area contributed by atoms with Crippen LogP contribution in [0.4, 0.5) is 14.5 Å². The molecule has 1 aromatic carbocycles. The molecule has 0 aliphatic heterocycles. The highest BCUT2D eigenvalue weighted by molar-refractivity contribution is 5.94. The molecule has 0 aliphatic rings. The van der Waals surface area contributed by atoms with E-state index in [4.69, 9.17) is 5.73 Å². The van der Waals surface area contributed by atoms with Crippen LogP contribution in [0, 0.1) is 11.6 Å². The van der Waals surface area contributed by atoms with E-state index in [1.807, 2.05) is 0 Å². The summed E-state index contributed by atoms with van der Waals surface area (Å²) in [5.74, 6) is -2.20. The van der Waals surface area contributed by atoms with E-state index in [0.29, 0.717) is 6.54 Å². The number of carbonyl (C=O) groups excluding carboxylic acids is 1. The number of carbonyl (C=O) groups is 1. The maximum atomic E-state index is 13.2. The Labute approximate surface area is 106 Å². The van der Waals surface area contributed by atoms with E-state index < -0.39 is 23.2 Å². The average Bonchev–Trinajstić information content (AvgIpc) is 2.34. The van der Waals surface area contributed by atoms with Gasteiger partial charge < -0.3 is 10.6 Å². The highest BCUT2D eigenvalue weighted by atomic mass is 19.1. The number of hydrogen-bond acceptors (Lipinski definition) is 2. The lowest BCUT2D eigenvalue weighted by Crippen LogP contribution is -2.28. The molecule has 0 aliphatic carbocycles. The van der Waals surface area contributed by atoms with E-state index in [0.717, 1.165) is 31.4 Å². The summed E-state index contributed by atoms with van der Waals surface area (Å²) in [7, 11) is 1.62. The molecule has 0 unspecified atom stereocenters. The number of unbranched alkanes of at least 4 members (excludes halogenated alkanes) is 2. The van der Waals surface area contributed by atoms with E-state index >= 15 is 0 Å². The molecule has 1 amide bonds. The molecule has 0 aromatic heterocycles. The van der Waals surface area contributed by atoms with Gasteiger partial charge in [-0.15, -0.1) is 0 Å². The topological polar surface area (TPSA) is 46.3 Å². The lowest BCUT2D eigenvalue weighted by Gasteiger charge is -2.17. The molecular formula is C13H18F2N2O. The van der Waals surface area contributed by atoms with Crippen LogP contribution in [-0.2, 0) is 0 Å². The quantitative estimate of drug-likeness (QED) is 0.650. The van der Waals surface area contributed by atoms with Crippen molar-refractivity contribution in [1.82, 2.24) is 4.90 Å². The number of benzene rings is 1. The summed E-state index contributed by atoms with van der Waals surface area (Å²) in [6, 6.07) is 1.94. The van der Waals surface area contributed by atoms with Crippen molar-refractivity contribution in [2.24, 2.45) is 0 Å². The van der Waals surface area contributed by atoms with Crippen LogP contribution in [0.25, 0.3) is 0 Å². The number of anilines is 1. The van der Waals surface area contributed by atoms with Gasteiger partial charge in [-0.25, -0.2) is 8.78 Å². The summed E-state index contributed by atoms with van der Waals surface area (Å²) in [6.45, 7) is 2.63. The minimum atomic E-state index is -0.902. The van der Waals surface area contributed by atoms with Gasteiger partial charge in [0.1, 0.15) is 17.3 Å². The summed E-state index contributed by atoms with van der Waals surface area (Å²) in [5, 5.41) is 0. The van der Waals surface area contributed by atoms with Crippen LogP contribution in [0.2, 0.25) is 0 Å². The molecule has 0 bridgehead atoms. The molecule has 2 N–H and O–H groups in total. The number of nitrogen functional groups attached to an aromatic ring is 1. The second kappa shape index (κ2) is 6.33. The van der Waals surface area contributed by atoms with Gasteiger partial charge in [0.05, 0.1) is 0 Å². The molecule has 0 atom stereocenters. The third-order valence-electron chi connectivity index (χ3n) is 2.77. The standard InChI is InChI=1S/C13H18F2N2O/c1-3-4-5-6-17(2)13(18)9-7-10(14)12(16)11(15)8-9/h7-8H,3-6,16H2,1-2H3. The van der Waals surface area contributed by atoms with E-state index in [-0.39, 0.29) is 5.56 Å². The zero-order chi connectivity index (χ0) is 13.7. The summed E-state index contributed by atoms with van der Waals surface area (Å²) >= 11 is 0. The molecular weight excluding hydrogens is 238 g/mol. The van der Waals surface area contributed by atoms with Gasteiger partial charge in [-0.2, -0.15) is 0 Å². The fraction of sp³-hybridized carbons (Fsp3) is 0.462. The van der Waals surface area contributed by atoms with Crippen LogP contribution in [0.5, 0.6) is 0 Å². The smallest absolute Gasteiger partial charge is 0.253 e. The first kappa shape index (κ1) is 14.4. The Balaban J connectivity index is 2.77. The normalized spacial score (nSPS) is 10.4. The molecule has 0 saturated carbocycles. The molecule has 1 rings (SSSR count). The molecule has 1 aromatic rings. The van der Waals surface area contributed by atoms with Gasteiger partial charge in [0.25, 0.3) is 5.91 Å². The second-order valence-corrected chi connectivity index (χ2v) is 4.29. The molecule has 18 heavy (non-hydrogen) atoms. The highest BCUT2D eigenvalue weighted by Gasteiger charge is 2.16. The maximum Gasteiger partial charge on any atom is 0.253 e. The Morgan fingerprint density at radius 2 is 1.83 bits per heavy atom. The van der Waals surface area contributed by atoms with Gasteiger partial charge in [0.2, 0.25) is 0 Å². The van der Waals surface area contributed by atoms with E-state index in [2.05, 4.69) is 6.92 Å². The molecule has 3 nitrogen and oxygen atoms in total. The summed E-state index contributed by atoms with van der Waals surface area (Å²) in [6.07, 6.45) is 2.94. The molecule has 0 fully saturated rings. The summed E-state index contributed by atoms with van der Waals surface area (Å²) < 4.78 is 26.5. The SMILES string of the molecule is CCCCCN(C)C(=O)c1cc(F)c(N)c(F)c1. The van der Waals surface area contributed by atoms with E-state index in [1.165, 1.54) is 4.90 Å². The van der Waals surface area contributed by atoms with Crippen molar-refractivity contribution in [1.29, 1.82) is 0 Å². The third-order valence-corrected chi connectivity index (χ3v) is 2.77. The zero-order valence-electron chi connectivity index (χ0n) is 10.7. The number of nitrogens with two attached hydrogens (primary N) is 1. The Morgan fingerprint density at radius 1 is 1.28 bits per heavy atom. The Hall–Kier alpha value is -1.65. The zero-order valence-corrected chi connectivity index (χ0v) is 10.7. The van der Waals surface area contributed by atoms with Crippen LogP contribution in [0.1, 0.15) is 36.5 Å². The molecule has 5 heteroatoms. The molecule has 100 valence electrons. The van der Waals surface area contributed by atoms with Crippen molar-refractivity contribution in [2.45, 2.75) is 26.2 Å². The Bertz CT molecular complexity index is 412. The van der Waals surface area contributed by atoms with Gasteiger partial charge in [0.15, 0.2) is 0 Å². The summed E-state index contributed by atoms with van der Waals surface area (Å²) in [4.78, 5) is 13.4. The lowest BCUT2D eigenvalue weighted by molar-refractivity contribution is 0.0791. The second-order valence-electron chi connectivity index (χ2n) is 4.29. The number of halogens is 2. The molecule has 0 radical (unpaired) electrons.